The minimum absolute atomic E-state index is 0.0939. The molecule has 1 N–H and O–H groups in total. The van der Waals surface area contributed by atoms with E-state index in [0.717, 1.165) is 10.8 Å². The fourth-order valence-electron chi connectivity index (χ4n) is 2.07. The summed E-state index contributed by atoms with van der Waals surface area (Å²) in [7, 11) is 0. The Labute approximate surface area is 121 Å². The summed E-state index contributed by atoms with van der Waals surface area (Å²) in [5.41, 5.74) is 0.694. The van der Waals surface area contributed by atoms with Crippen LogP contribution in [0.5, 0.6) is 11.5 Å². The fraction of sp³-hybridized carbons (Fsp3) is 0.0625. The lowest BCUT2D eigenvalue weighted by atomic mass is 10.1. The van der Waals surface area contributed by atoms with Crippen LogP contribution in [0.2, 0.25) is 5.02 Å². The molecule has 0 unspecified atom stereocenters. The van der Waals surface area contributed by atoms with Gasteiger partial charge in [0.15, 0.2) is 5.75 Å². The largest absolute Gasteiger partial charge is 0.455 e. The normalized spacial score (nSPS) is 10.7. The Morgan fingerprint density at radius 2 is 1.80 bits per heavy atom. The monoisotopic (exact) mass is 285 g/mol. The summed E-state index contributed by atoms with van der Waals surface area (Å²) in [4.78, 5) is 4.02. The Kier molecular flexibility index (Phi) is 3.54. The average molecular weight is 286 g/mol. The van der Waals surface area contributed by atoms with Gasteiger partial charge in [-0.1, -0.05) is 35.9 Å². The number of ether oxygens (including phenoxy) is 1. The van der Waals surface area contributed by atoms with Crippen LogP contribution in [0.15, 0.2) is 54.9 Å². The molecule has 0 atom stereocenters. The first kappa shape index (κ1) is 12.9. The first-order chi connectivity index (χ1) is 9.79. The number of rotatable bonds is 3. The molecule has 0 aliphatic heterocycles. The molecular weight excluding hydrogens is 274 g/mol. The molecule has 0 amide bonds. The molecule has 100 valence electrons. The number of pyridine rings is 1. The van der Waals surface area contributed by atoms with Gasteiger partial charge in [0, 0.05) is 27.6 Å². The van der Waals surface area contributed by atoms with Gasteiger partial charge < -0.3 is 9.84 Å². The van der Waals surface area contributed by atoms with Gasteiger partial charge >= 0.3 is 0 Å². The lowest BCUT2D eigenvalue weighted by Gasteiger charge is -2.12. The van der Waals surface area contributed by atoms with Crippen molar-refractivity contribution in [1.82, 2.24) is 4.98 Å². The topological polar surface area (TPSA) is 42.4 Å². The zero-order valence-electron chi connectivity index (χ0n) is 10.6. The molecule has 0 saturated heterocycles. The molecule has 20 heavy (non-hydrogen) atoms. The number of aliphatic hydroxyl groups is 1. The predicted molar refractivity (Wildman–Crippen MR) is 79.2 cm³/mol. The number of aromatic nitrogens is 1. The third-order valence-electron chi connectivity index (χ3n) is 3.09. The van der Waals surface area contributed by atoms with Gasteiger partial charge in [-0.25, -0.2) is 0 Å². The Morgan fingerprint density at radius 1 is 1.00 bits per heavy atom. The van der Waals surface area contributed by atoms with Crippen molar-refractivity contribution in [3.8, 4) is 11.5 Å². The van der Waals surface area contributed by atoms with Gasteiger partial charge in [0.1, 0.15) is 5.75 Å². The number of aliphatic hydroxyl groups excluding tert-OH is 1. The Balaban J connectivity index is 2.09. The maximum atomic E-state index is 9.32. The van der Waals surface area contributed by atoms with Gasteiger partial charge in [0.25, 0.3) is 0 Å². The highest BCUT2D eigenvalue weighted by Crippen LogP contribution is 2.34. The van der Waals surface area contributed by atoms with Crippen LogP contribution >= 0.6 is 11.6 Å². The first-order valence-corrected chi connectivity index (χ1v) is 6.56. The van der Waals surface area contributed by atoms with Gasteiger partial charge in [-0.2, -0.15) is 0 Å². The van der Waals surface area contributed by atoms with Gasteiger partial charge in [-0.15, -0.1) is 0 Å². The van der Waals surface area contributed by atoms with Crippen molar-refractivity contribution in [2.24, 2.45) is 0 Å². The molecule has 0 aliphatic rings. The molecule has 1 aromatic heterocycles. The van der Waals surface area contributed by atoms with Crippen LogP contribution < -0.4 is 4.74 Å². The molecule has 0 radical (unpaired) electrons. The van der Waals surface area contributed by atoms with Crippen LogP contribution in [0.3, 0.4) is 0 Å². The van der Waals surface area contributed by atoms with E-state index in [4.69, 9.17) is 16.3 Å². The van der Waals surface area contributed by atoms with E-state index in [9.17, 15) is 5.11 Å². The van der Waals surface area contributed by atoms with Crippen molar-refractivity contribution < 1.29 is 9.84 Å². The third kappa shape index (κ3) is 2.33. The predicted octanol–water partition coefficient (Wildman–Crippen LogP) is 4.17. The molecule has 0 saturated carbocycles. The lowest BCUT2D eigenvalue weighted by molar-refractivity contribution is 0.276. The van der Waals surface area contributed by atoms with E-state index in [0.29, 0.717) is 22.1 Å². The highest BCUT2D eigenvalue weighted by Gasteiger charge is 2.09. The summed E-state index contributed by atoms with van der Waals surface area (Å²) in [6.45, 7) is -0.0939. The zero-order valence-corrected chi connectivity index (χ0v) is 11.3. The quantitative estimate of drug-likeness (QED) is 0.785. The molecule has 3 aromatic rings. The van der Waals surface area contributed by atoms with E-state index < -0.39 is 0 Å². The summed E-state index contributed by atoms with van der Waals surface area (Å²) < 4.78 is 5.89. The van der Waals surface area contributed by atoms with Crippen molar-refractivity contribution in [1.29, 1.82) is 0 Å². The van der Waals surface area contributed by atoms with E-state index >= 15 is 0 Å². The van der Waals surface area contributed by atoms with Crippen molar-refractivity contribution in [2.45, 2.75) is 6.61 Å². The zero-order chi connectivity index (χ0) is 13.9. The van der Waals surface area contributed by atoms with E-state index in [1.165, 1.54) is 0 Å². The van der Waals surface area contributed by atoms with E-state index in [1.807, 2.05) is 30.3 Å². The molecule has 0 aliphatic carbocycles. The van der Waals surface area contributed by atoms with E-state index in [-0.39, 0.29) is 6.61 Å². The highest BCUT2D eigenvalue weighted by atomic mass is 35.5. The maximum absolute atomic E-state index is 9.32. The molecule has 3 rings (SSSR count). The minimum Gasteiger partial charge on any atom is -0.455 e. The molecule has 0 bridgehead atoms. The summed E-state index contributed by atoms with van der Waals surface area (Å²) in [5, 5.41) is 11.9. The van der Waals surface area contributed by atoms with Crippen LogP contribution in [0.25, 0.3) is 10.8 Å². The number of hydrogen-bond donors (Lipinski definition) is 1. The first-order valence-electron chi connectivity index (χ1n) is 6.18. The number of benzene rings is 2. The molecular formula is C16H12ClNO2. The van der Waals surface area contributed by atoms with Gasteiger partial charge in [-0.05, 0) is 18.2 Å². The SMILES string of the molecule is OCc1ccncc1Oc1ccc(Cl)c2ccccc12. The summed E-state index contributed by atoms with van der Waals surface area (Å²) in [6.07, 6.45) is 3.22. The molecule has 2 aromatic carbocycles. The van der Waals surface area contributed by atoms with Crippen LogP contribution in [0.1, 0.15) is 5.56 Å². The summed E-state index contributed by atoms with van der Waals surface area (Å²) in [6, 6.07) is 13.1. The molecule has 4 heteroatoms. The smallest absolute Gasteiger partial charge is 0.151 e. The van der Waals surface area contributed by atoms with Crippen molar-refractivity contribution >= 4 is 22.4 Å². The van der Waals surface area contributed by atoms with Crippen molar-refractivity contribution in [3.05, 3.63) is 65.4 Å². The second-order valence-corrected chi connectivity index (χ2v) is 4.74. The Morgan fingerprint density at radius 3 is 2.60 bits per heavy atom. The van der Waals surface area contributed by atoms with Crippen molar-refractivity contribution in [2.75, 3.05) is 0 Å². The lowest BCUT2D eigenvalue weighted by Crippen LogP contribution is -1.93. The number of halogens is 1. The number of fused-ring (bicyclic) bond motifs is 1. The van der Waals surface area contributed by atoms with Gasteiger partial charge in [-0.3, -0.25) is 4.98 Å². The van der Waals surface area contributed by atoms with Crippen LogP contribution in [0, 0.1) is 0 Å². The van der Waals surface area contributed by atoms with Gasteiger partial charge in [0.05, 0.1) is 12.8 Å². The Bertz CT molecular complexity index is 758. The van der Waals surface area contributed by atoms with E-state index in [1.54, 1.807) is 24.5 Å². The number of hydrogen-bond acceptors (Lipinski definition) is 3. The molecule has 3 nitrogen and oxygen atoms in total. The molecule has 0 fully saturated rings. The standard InChI is InChI=1S/C16H12ClNO2/c17-14-5-6-15(13-4-2-1-3-12(13)14)20-16-9-18-8-7-11(16)10-19/h1-9,19H,10H2. The van der Waals surface area contributed by atoms with Crippen LogP contribution in [-0.2, 0) is 6.61 Å². The number of nitrogens with zero attached hydrogens (tertiary/aromatic N) is 1. The Hall–Kier alpha value is -2.10. The van der Waals surface area contributed by atoms with Crippen molar-refractivity contribution in [3.63, 3.8) is 0 Å². The fourth-order valence-corrected chi connectivity index (χ4v) is 2.30. The molecule has 0 spiro atoms. The summed E-state index contributed by atoms with van der Waals surface area (Å²) in [5.74, 6) is 1.23. The molecule has 1 heterocycles. The third-order valence-corrected chi connectivity index (χ3v) is 3.42. The highest BCUT2D eigenvalue weighted by molar-refractivity contribution is 6.35. The van der Waals surface area contributed by atoms with Crippen LogP contribution in [-0.4, -0.2) is 10.1 Å². The second-order valence-electron chi connectivity index (χ2n) is 4.33. The van der Waals surface area contributed by atoms with Gasteiger partial charge in [0.2, 0.25) is 0 Å². The summed E-state index contributed by atoms with van der Waals surface area (Å²) >= 11 is 6.18. The maximum Gasteiger partial charge on any atom is 0.151 e. The second kappa shape index (κ2) is 5.49. The average Bonchev–Trinajstić information content (AvgIpc) is 2.51. The minimum atomic E-state index is -0.0939. The van der Waals surface area contributed by atoms with E-state index in [2.05, 4.69) is 4.98 Å². The van der Waals surface area contributed by atoms with Crippen LogP contribution in [0.4, 0.5) is 0 Å².